The van der Waals surface area contributed by atoms with Gasteiger partial charge in [0.25, 0.3) is 0 Å². The Morgan fingerprint density at radius 2 is 2.12 bits per heavy atom. The maximum atomic E-state index is 11.7. The van der Waals surface area contributed by atoms with Crippen molar-refractivity contribution in [3.63, 3.8) is 0 Å². The van der Waals surface area contributed by atoms with Crippen LogP contribution in [0.4, 0.5) is 0 Å². The number of nitrogens with zero attached hydrogens (tertiary/aromatic N) is 3. The minimum atomic E-state index is -0.626. The largest absolute Gasteiger partial charge is 0.490 e. The molecule has 34 heavy (non-hydrogen) atoms. The van der Waals surface area contributed by atoms with Crippen LogP contribution < -0.4 is 4.74 Å². The predicted octanol–water partition coefficient (Wildman–Crippen LogP) is 3.04. The van der Waals surface area contributed by atoms with Gasteiger partial charge in [0.2, 0.25) is 0 Å². The molecular formula is C25H31N3O5S. The van der Waals surface area contributed by atoms with Gasteiger partial charge >= 0.3 is 0 Å². The summed E-state index contributed by atoms with van der Waals surface area (Å²) in [7, 11) is 3.65. The van der Waals surface area contributed by atoms with Crippen LogP contribution in [0.3, 0.4) is 0 Å². The highest BCUT2D eigenvalue weighted by Crippen LogP contribution is 2.39. The maximum Gasteiger partial charge on any atom is 0.135 e. The van der Waals surface area contributed by atoms with Crippen LogP contribution in [0.1, 0.15) is 37.6 Å². The second-order valence-electron chi connectivity index (χ2n) is 9.16. The number of pyridine rings is 2. The summed E-state index contributed by atoms with van der Waals surface area (Å²) in [6, 6.07) is 5.83. The number of aliphatic hydroxyl groups is 1. The first-order valence-electron chi connectivity index (χ1n) is 11.3. The second kappa shape index (κ2) is 9.65. The van der Waals surface area contributed by atoms with Crippen LogP contribution in [-0.4, -0.2) is 58.0 Å². The quantitative estimate of drug-likeness (QED) is 0.550. The number of carbonyl (C=O) groups excluding carboxylic acids is 1. The number of methoxy groups -OCH3 is 1. The predicted molar refractivity (Wildman–Crippen MR) is 132 cm³/mol. The Hall–Kier alpha value is -2.46. The molecule has 0 unspecified atom stereocenters. The Morgan fingerprint density at radius 3 is 2.76 bits per heavy atom. The first kappa shape index (κ1) is 24.7. The van der Waals surface area contributed by atoms with E-state index < -0.39 is 5.60 Å². The summed E-state index contributed by atoms with van der Waals surface area (Å²) in [5.74, 6) is 0.770. The van der Waals surface area contributed by atoms with Gasteiger partial charge in [-0.15, -0.1) is 0 Å². The highest BCUT2D eigenvalue weighted by Gasteiger charge is 2.39. The van der Waals surface area contributed by atoms with Gasteiger partial charge in [-0.2, -0.15) is 13.5 Å². The zero-order chi connectivity index (χ0) is 23.2. The molecule has 0 bridgehead atoms. The fourth-order valence-electron chi connectivity index (χ4n) is 4.66. The highest BCUT2D eigenvalue weighted by atomic mass is 32.1. The lowest BCUT2D eigenvalue weighted by molar-refractivity contribution is -0.116. The summed E-state index contributed by atoms with van der Waals surface area (Å²) in [6.07, 6.45) is 5.77. The lowest BCUT2D eigenvalue weighted by Gasteiger charge is -2.32. The number of hydrogen-bond donors (Lipinski definition) is 1. The van der Waals surface area contributed by atoms with Crippen LogP contribution in [0.25, 0.3) is 22.2 Å². The van der Waals surface area contributed by atoms with E-state index in [1.54, 1.807) is 20.2 Å². The lowest BCUT2D eigenvalue weighted by atomic mass is 9.92. The van der Waals surface area contributed by atoms with Crippen molar-refractivity contribution < 1.29 is 24.1 Å². The molecule has 1 atom stereocenters. The molecule has 1 N–H and O–H groups in total. The molecule has 5 rings (SSSR count). The van der Waals surface area contributed by atoms with Gasteiger partial charge in [-0.3, -0.25) is 9.78 Å². The van der Waals surface area contributed by atoms with Crippen LogP contribution in [0.5, 0.6) is 5.75 Å². The number of carbonyl (C=O) groups is 1. The van der Waals surface area contributed by atoms with Crippen molar-refractivity contribution in [2.24, 2.45) is 7.05 Å². The van der Waals surface area contributed by atoms with Crippen molar-refractivity contribution in [2.45, 2.75) is 50.4 Å². The van der Waals surface area contributed by atoms with E-state index in [-0.39, 0.29) is 31.5 Å². The number of fused-ring (bicyclic) bond motifs is 1. The number of ketones is 1. The van der Waals surface area contributed by atoms with E-state index >= 15 is 0 Å². The van der Waals surface area contributed by atoms with Crippen molar-refractivity contribution in [1.82, 2.24) is 14.5 Å². The molecule has 3 aromatic heterocycles. The van der Waals surface area contributed by atoms with E-state index in [1.807, 2.05) is 36.0 Å². The molecule has 0 aromatic carbocycles. The number of hydrogen-bond acceptors (Lipinski definition) is 7. The molecule has 9 heteroatoms. The van der Waals surface area contributed by atoms with Gasteiger partial charge in [-0.05, 0) is 13.0 Å². The van der Waals surface area contributed by atoms with Crippen molar-refractivity contribution in [1.29, 1.82) is 0 Å². The van der Waals surface area contributed by atoms with Crippen molar-refractivity contribution in [2.75, 3.05) is 20.3 Å². The monoisotopic (exact) mass is 485 g/mol. The summed E-state index contributed by atoms with van der Waals surface area (Å²) in [6.45, 7) is 2.61. The normalized spacial score (nSPS) is 24.0. The molecule has 1 saturated heterocycles. The summed E-state index contributed by atoms with van der Waals surface area (Å²) in [5.41, 5.74) is 3.53. The van der Waals surface area contributed by atoms with Gasteiger partial charge in [0.15, 0.2) is 0 Å². The van der Waals surface area contributed by atoms with Crippen LogP contribution in [-0.2, 0) is 33.3 Å². The second-order valence-corrected chi connectivity index (χ2v) is 9.16. The average Bonchev–Trinajstić information content (AvgIpc) is 3.38. The molecular weight excluding hydrogens is 454 g/mol. The number of rotatable bonds is 7. The topological polar surface area (TPSA) is 95.7 Å². The van der Waals surface area contributed by atoms with E-state index in [9.17, 15) is 9.90 Å². The third-order valence-corrected chi connectivity index (χ3v) is 6.65. The number of aromatic nitrogens is 3. The zero-order valence-electron chi connectivity index (χ0n) is 19.7. The number of aliphatic hydroxyl groups excluding tert-OH is 1. The molecule has 4 heterocycles. The van der Waals surface area contributed by atoms with E-state index in [0.717, 1.165) is 33.5 Å². The lowest BCUT2D eigenvalue weighted by Crippen LogP contribution is -2.37. The fourth-order valence-corrected chi connectivity index (χ4v) is 4.66. The first-order valence-corrected chi connectivity index (χ1v) is 11.3. The average molecular weight is 486 g/mol. The number of aryl methyl sites for hydroxylation is 1. The molecule has 8 nitrogen and oxygen atoms in total. The Labute approximate surface area is 205 Å². The molecule has 3 aromatic rings. The summed E-state index contributed by atoms with van der Waals surface area (Å²) in [4.78, 5) is 21.1. The van der Waals surface area contributed by atoms with Gasteiger partial charge in [-0.25, -0.2) is 4.98 Å². The summed E-state index contributed by atoms with van der Waals surface area (Å²) < 4.78 is 19.8. The standard InChI is InChI=1S/C25H29N3O5.H2S/c1-15(29)6-16-7-20-21(13-28(2)23(20)12-26-16)22-10-19(33-18-8-17(30)9-18)11-24(27-22)25(31-3)4-5-32-14-25;/h7,10-13,17-18,30H,4-6,8-9,14H2,1-3H3;1H2/t17?,18?,25-;/m1./s1. The van der Waals surface area contributed by atoms with Gasteiger partial charge < -0.3 is 23.9 Å². The zero-order valence-corrected chi connectivity index (χ0v) is 20.7. The van der Waals surface area contributed by atoms with Crippen LogP contribution in [0, 0.1) is 0 Å². The Kier molecular flexibility index (Phi) is 7.00. The van der Waals surface area contributed by atoms with Crippen molar-refractivity contribution >= 4 is 30.2 Å². The molecule has 0 radical (unpaired) electrons. The van der Waals surface area contributed by atoms with Crippen LogP contribution in [0.15, 0.2) is 30.6 Å². The first-order chi connectivity index (χ1) is 15.9. The van der Waals surface area contributed by atoms with Gasteiger partial charge in [0, 0.05) is 81.4 Å². The third-order valence-electron chi connectivity index (χ3n) is 6.65. The van der Waals surface area contributed by atoms with E-state index in [2.05, 4.69) is 4.98 Å². The Bertz CT molecular complexity index is 1200. The van der Waals surface area contributed by atoms with Crippen LogP contribution >= 0.6 is 13.5 Å². The Balaban J connectivity index is 0.00000274. The Morgan fingerprint density at radius 1 is 1.32 bits per heavy atom. The highest BCUT2D eigenvalue weighted by molar-refractivity contribution is 7.59. The SMILES string of the molecule is CO[C@]1(c2cc(OC3CC(O)C3)cc(-c3cn(C)c4cnc(CC(C)=O)cc34)n2)CCOC1.S. The van der Waals surface area contributed by atoms with E-state index in [4.69, 9.17) is 19.2 Å². The minimum absolute atomic E-state index is 0. The van der Waals surface area contributed by atoms with Crippen LogP contribution in [0.2, 0.25) is 0 Å². The molecule has 1 aliphatic heterocycles. The molecule has 1 saturated carbocycles. The fraction of sp³-hybridized carbons (Fsp3) is 0.480. The van der Waals surface area contributed by atoms with Gasteiger partial charge in [0.1, 0.15) is 23.2 Å². The van der Waals surface area contributed by atoms with Crippen molar-refractivity contribution in [3.05, 3.63) is 42.0 Å². The van der Waals surface area contributed by atoms with Crippen molar-refractivity contribution in [3.8, 4) is 17.0 Å². The molecule has 2 aliphatic rings. The molecule has 2 fully saturated rings. The maximum absolute atomic E-state index is 11.7. The summed E-state index contributed by atoms with van der Waals surface area (Å²) in [5, 5.41) is 10.7. The molecule has 0 amide bonds. The third kappa shape index (κ3) is 4.57. The van der Waals surface area contributed by atoms with Gasteiger partial charge in [0.05, 0.1) is 35.8 Å². The minimum Gasteiger partial charge on any atom is -0.490 e. The smallest absolute Gasteiger partial charge is 0.135 e. The number of ether oxygens (including phenoxy) is 3. The van der Waals surface area contributed by atoms with Gasteiger partial charge in [-0.1, -0.05) is 0 Å². The number of Topliss-reactive ketones (excluding diaryl/α,β-unsaturated/α-hetero) is 1. The summed E-state index contributed by atoms with van der Waals surface area (Å²) >= 11 is 0. The molecule has 1 aliphatic carbocycles. The molecule has 0 spiro atoms. The van der Waals surface area contributed by atoms with E-state index in [1.165, 1.54) is 0 Å². The molecule has 182 valence electrons. The van der Waals surface area contributed by atoms with E-state index in [0.29, 0.717) is 44.6 Å².